The number of fused-ring (bicyclic) bond motifs is 1. The van der Waals surface area contributed by atoms with Crippen molar-refractivity contribution in [3.8, 4) is 5.75 Å². The van der Waals surface area contributed by atoms with Crippen LogP contribution in [0.5, 0.6) is 5.75 Å². The summed E-state index contributed by atoms with van der Waals surface area (Å²) in [7, 11) is 0. The number of aliphatic carboxylic acids is 1. The van der Waals surface area contributed by atoms with Crippen LogP contribution in [0.25, 0.3) is 10.9 Å². The molecule has 4 rings (SSSR count). The van der Waals surface area contributed by atoms with E-state index in [1.165, 1.54) is 10.9 Å². The number of nitrogens with two attached hydrogens (primary N) is 1. The van der Waals surface area contributed by atoms with E-state index in [2.05, 4.69) is 9.97 Å². The first-order valence-corrected chi connectivity index (χ1v) is 12.9. The summed E-state index contributed by atoms with van der Waals surface area (Å²) in [5.74, 6) is -0.607. The van der Waals surface area contributed by atoms with Crippen LogP contribution in [0.4, 0.5) is 4.79 Å². The van der Waals surface area contributed by atoms with Crippen LogP contribution in [-0.4, -0.2) is 62.3 Å². The Balaban J connectivity index is 0.000000230. The highest BCUT2D eigenvalue weighted by molar-refractivity contribution is 6.40. The van der Waals surface area contributed by atoms with Crippen LogP contribution in [0.2, 0.25) is 15.1 Å². The lowest BCUT2D eigenvalue weighted by molar-refractivity contribution is -0.138. The molecular weight excluding hydrogens is 553 g/mol. The van der Waals surface area contributed by atoms with E-state index in [0.717, 1.165) is 22.9 Å². The molecule has 2 aromatic heterocycles. The molecule has 0 aliphatic carbocycles. The number of H-pyrrole nitrogens is 1. The van der Waals surface area contributed by atoms with E-state index in [4.69, 9.17) is 50.4 Å². The zero-order chi connectivity index (χ0) is 27.7. The zero-order valence-electron chi connectivity index (χ0n) is 20.6. The Hall–Kier alpha value is -3.24. The number of aromatic amines is 1. The fraction of sp³-hybridized carbons (Fsp3) is 0.269. The zero-order valence-corrected chi connectivity index (χ0v) is 22.9. The van der Waals surface area contributed by atoms with Crippen molar-refractivity contribution in [1.29, 1.82) is 0 Å². The molecule has 1 amide bonds. The fourth-order valence-corrected chi connectivity index (χ4v) is 4.58. The lowest BCUT2D eigenvalue weighted by atomic mass is 10.1. The minimum atomic E-state index is -0.972. The van der Waals surface area contributed by atoms with Gasteiger partial charge in [0.15, 0.2) is 5.75 Å². The van der Waals surface area contributed by atoms with Gasteiger partial charge < -0.3 is 25.5 Å². The number of benzene rings is 2. The summed E-state index contributed by atoms with van der Waals surface area (Å²) in [4.78, 5) is 31.6. The number of para-hydroxylation sites is 1. The molecule has 12 heteroatoms. The van der Waals surface area contributed by atoms with Gasteiger partial charge in [0.1, 0.15) is 19.0 Å². The van der Waals surface area contributed by atoms with Gasteiger partial charge in [-0.25, -0.2) is 9.78 Å². The fourth-order valence-electron chi connectivity index (χ4n) is 3.66. The minimum Gasteiger partial charge on any atom is -0.489 e. The number of imidazole rings is 1. The Morgan fingerprint density at radius 3 is 2.53 bits per heavy atom. The number of carbonyl (C=O) groups is 2. The first kappa shape index (κ1) is 29.3. The van der Waals surface area contributed by atoms with Crippen molar-refractivity contribution in [2.45, 2.75) is 25.8 Å². The molecule has 0 aliphatic heterocycles. The number of halogens is 3. The number of nitrogens with one attached hydrogen (secondary N) is 1. The molecule has 2 heterocycles. The molecule has 0 aliphatic rings. The largest absolute Gasteiger partial charge is 0.489 e. The first-order chi connectivity index (χ1) is 18.2. The van der Waals surface area contributed by atoms with Gasteiger partial charge in [-0.15, -0.1) is 0 Å². The molecule has 1 atom stereocenters. The van der Waals surface area contributed by atoms with Crippen LogP contribution in [0, 0.1) is 0 Å². The molecule has 202 valence electrons. The Morgan fingerprint density at radius 2 is 1.89 bits per heavy atom. The molecule has 9 nitrogen and oxygen atoms in total. The summed E-state index contributed by atoms with van der Waals surface area (Å²) in [5.41, 5.74) is 7.43. The van der Waals surface area contributed by atoms with E-state index in [9.17, 15) is 9.59 Å². The van der Waals surface area contributed by atoms with E-state index in [0.29, 0.717) is 40.3 Å². The number of hydrogen-bond acceptors (Lipinski definition) is 5. The Morgan fingerprint density at radius 1 is 1.18 bits per heavy atom. The number of aromatic nitrogens is 3. The highest BCUT2D eigenvalue weighted by atomic mass is 35.5. The van der Waals surface area contributed by atoms with Crippen molar-refractivity contribution >= 4 is 57.7 Å². The predicted molar refractivity (Wildman–Crippen MR) is 149 cm³/mol. The highest BCUT2D eigenvalue weighted by Gasteiger charge is 2.16. The summed E-state index contributed by atoms with van der Waals surface area (Å²) in [6.45, 7) is 3.28. The molecule has 0 fully saturated rings. The van der Waals surface area contributed by atoms with Crippen molar-refractivity contribution in [2.75, 3.05) is 19.7 Å². The number of rotatable bonds is 9. The van der Waals surface area contributed by atoms with Crippen molar-refractivity contribution in [2.24, 2.45) is 5.73 Å². The number of carboxylic acid groups (broad SMARTS) is 1. The van der Waals surface area contributed by atoms with Crippen LogP contribution in [0.3, 0.4) is 0 Å². The van der Waals surface area contributed by atoms with Crippen molar-refractivity contribution < 1.29 is 19.4 Å². The predicted octanol–water partition coefficient (Wildman–Crippen LogP) is 5.72. The maximum Gasteiger partial charge on any atom is 0.329 e. The summed E-state index contributed by atoms with van der Waals surface area (Å²) < 4.78 is 7.05. The van der Waals surface area contributed by atoms with Gasteiger partial charge in [0.05, 0.1) is 16.6 Å². The smallest absolute Gasteiger partial charge is 0.329 e. The number of hydrogen-bond donors (Lipinski definition) is 3. The molecule has 2 aromatic carbocycles. The maximum atomic E-state index is 12.3. The van der Waals surface area contributed by atoms with Gasteiger partial charge in [-0.2, -0.15) is 0 Å². The van der Waals surface area contributed by atoms with Gasteiger partial charge in [-0.05, 0) is 30.2 Å². The Labute approximate surface area is 235 Å². The average molecular weight is 581 g/mol. The summed E-state index contributed by atoms with van der Waals surface area (Å²) in [6.07, 6.45) is 7.64. The molecule has 0 saturated carbocycles. The minimum absolute atomic E-state index is 0.152. The standard InChI is InChI=1S/C15H16Cl3N3O2.C11H12N2O2/c1-2-4-20(15(22)21-5-3-19-10-21)6-7-23-14-12(17)8-11(16)9-13(14)18;12-9(11(14)15)5-7-6-13-10-4-2-1-3-8(7)10/h3,5,8-10H,2,4,6-7H2,1H3;1-4,6,9,13H,5,12H2,(H,14,15)/t;9-/m.0/s1. The van der Waals surface area contributed by atoms with Crippen LogP contribution in [-0.2, 0) is 11.2 Å². The van der Waals surface area contributed by atoms with Crippen molar-refractivity contribution in [1.82, 2.24) is 19.4 Å². The van der Waals surface area contributed by atoms with Crippen LogP contribution < -0.4 is 10.5 Å². The quantitative estimate of drug-likeness (QED) is 0.232. The van der Waals surface area contributed by atoms with E-state index in [1.54, 1.807) is 29.4 Å². The molecule has 0 saturated heterocycles. The van der Waals surface area contributed by atoms with E-state index < -0.39 is 12.0 Å². The lowest BCUT2D eigenvalue weighted by Gasteiger charge is -2.22. The van der Waals surface area contributed by atoms with Gasteiger partial charge in [-0.1, -0.05) is 59.9 Å². The number of carboxylic acids is 1. The second-order valence-electron chi connectivity index (χ2n) is 8.29. The molecular formula is C26H28Cl3N5O4. The lowest BCUT2D eigenvalue weighted by Crippen LogP contribution is -2.37. The van der Waals surface area contributed by atoms with Gasteiger partial charge >= 0.3 is 12.0 Å². The Bertz CT molecular complexity index is 1340. The molecule has 0 bridgehead atoms. The summed E-state index contributed by atoms with van der Waals surface area (Å²) in [5, 5.41) is 10.9. The van der Waals surface area contributed by atoms with Gasteiger partial charge in [0.2, 0.25) is 0 Å². The van der Waals surface area contributed by atoms with E-state index >= 15 is 0 Å². The number of ether oxygens (including phenoxy) is 1. The SMILES string of the molecule is CCCN(CCOc1c(Cl)cc(Cl)cc1Cl)C(=O)n1ccnc1.N[C@@H](Cc1c[nH]c2ccccc12)C(=O)O. The van der Waals surface area contributed by atoms with Gasteiger partial charge in [0.25, 0.3) is 0 Å². The molecule has 0 unspecified atom stereocenters. The Kier molecular flexibility index (Phi) is 10.8. The topological polar surface area (TPSA) is 126 Å². The van der Waals surface area contributed by atoms with Crippen LogP contribution in [0.15, 0.2) is 61.3 Å². The van der Waals surface area contributed by atoms with Gasteiger partial charge in [0, 0.05) is 47.5 Å². The first-order valence-electron chi connectivity index (χ1n) is 11.8. The van der Waals surface area contributed by atoms with Crippen molar-refractivity contribution in [3.63, 3.8) is 0 Å². The van der Waals surface area contributed by atoms with Crippen molar-refractivity contribution in [3.05, 3.63) is 81.9 Å². The summed E-state index contributed by atoms with van der Waals surface area (Å²) >= 11 is 18.0. The number of carbonyl (C=O) groups excluding carboxylic acids is 1. The third-order valence-corrected chi connectivity index (χ3v) is 6.27. The molecule has 38 heavy (non-hydrogen) atoms. The third-order valence-electron chi connectivity index (χ3n) is 5.49. The maximum absolute atomic E-state index is 12.3. The molecule has 0 spiro atoms. The second-order valence-corrected chi connectivity index (χ2v) is 9.55. The van der Waals surface area contributed by atoms with Gasteiger partial charge in [-0.3, -0.25) is 9.36 Å². The monoisotopic (exact) mass is 579 g/mol. The third kappa shape index (κ3) is 7.88. The van der Waals surface area contributed by atoms with Crippen LogP contribution >= 0.6 is 34.8 Å². The highest BCUT2D eigenvalue weighted by Crippen LogP contribution is 2.35. The number of amides is 1. The van der Waals surface area contributed by atoms with E-state index in [1.807, 2.05) is 37.4 Å². The normalized spacial score (nSPS) is 11.5. The average Bonchev–Trinajstić information content (AvgIpc) is 3.56. The molecule has 4 N–H and O–H groups in total. The summed E-state index contributed by atoms with van der Waals surface area (Å²) in [6, 6.07) is 9.88. The molecule has 0 radical (unpaired) electrons. The second kappa shape index (κ2) is 14.1. The number of nitrogens with zero attached hydrogens (tertiary/aromatic N) is 3. The van der Waals surface area contributed by atoms with Crippen LogP contribution in [0.1, 0.15) is 18.9 Å². The molecule has 4 aromatic rings. The van der Waals surface area contributed by atoms with E-state index in [-0.39, 0.29) is 12.6 Å².